The number of carbonyl (C=O) groups is 1. The predicted octanol–water partition coefficient (Wildman–Crippen LogP) is 0.929. The normalized spacial score (nSPS) is 12.3. The van der Waals surface area contributed by atoms with E-state index in [1.54, 1.807) is 19.4 Å². The van der Waals surface area contributed by atoms with Crippen molar-refractivity contribution in [3.8, 4) is 12.3 Å². The highest BCUT2D eigenvalue weighted by molar-refractivity contribution is 5.69. The van der Waals surface area contributed by atoms with Crippen LogP contribution in [-0.4, -0.2) is 45.2 Å². The summed E-state index contributed by atoms with van der Waals surface area (Å²) in [6.07, 6.45) is 11.6. The maximum atomic E-state index is 10.8. The lowest BCUT2D eigenvalue weighted by atomic mass is 10.1. The molecular weight excluding hydrogens is 230 g/mol. The molecule has 0 fully saturated rings. The van der Waals surface area contributed by atoms with Crippen LogP contribution in [0.25, 0.3) is 0 Å². The molecule has 1 heterocycles. The van der Waals surface area contributed by atoms with E-state index in [9.17, 15) is 4.79 Å². The van der Waals surface area contributed by atoms with Gasteiger partial charge in [0.05, 0.1) is 18.8 Å². The van der Waals surface area contributed by atoms with Gasteiger partial charge in [0.1, 0.15) is 0 Å². The average Bonchev–Trinajstić information content (AvgIpc) is 2.82. The summed E-state index contributed by atoms with van der Waals surface area (Å²) >= 11 is 0. The lowest BCUT2D eigenvalue weighted by molar-refractivity contribution is -0.141. The largest absolute Gasteiger partial charge is 0.481 e. The highest BCUT2D eigenvalue weighted by Gasteiger charge is 2.15. The number of hydrogen-bond donors (Lipinski definition) is 1. The van der Waals surface area contributed by atoms with Crippen molar-refractivity contribution < 1.29 is 9.90 Å². The SMILES string of the molecule is C#CCN(CCCn1ccnc1)CC(C)C(=O)O. The Morgan fingerprint density at radius 3 is 3.00 bits per heavy atom. The van der Waals surface area contributed by atoms with Gasteiger partial charge in [-0.1, -0.05) is 12.8 Å². The fourth-order valence-electron chi connectivity index (χ4n) is 1.73. The molecule has 0 aromatic carbocycles. The van der Waals surface area contributed by atoms with Gasteiger partial charge in [-0.2, -0.15) is 0 Å². The summed E-state index contributed by atoms with van der Waals surface area (Å²) in [5.74, 6) is 1.39. The molecular formula is C13H19N3O2. The molecule has 0 saturated carbocycles. The number of imidazole rings is 1. The molecule has 0 radical (unpaired) electrons. The molecule has 1 unspecified atom stereocenters. The zero-order valence-corrected chi connectivity index (χ0v) is 10.6. The molecule has 98 valence electrons. The summed E-state index contributed by atoms with van der Waals surface area (Å²) in [6.45, 7) is 4.33. The Balaban J connectivity index is 2.33. The van der Waals surface area contributed by atoms with Crippen molar-refractivity contribution in [1.29, 1.82) is 0 Å². The Kier molecular flexibility index (Phi) is 5.95. The van der Waals surface area contributed by atoms with Crippen molar-refractivity contribution in [3.05, 3.63) is 18.7 Å². The fraction of sp³-hybridized carbons (Fsp3) is 0.538. The number of nitrogens with zero attached hydrogens (tertiary/aromatic N) is 3. The van der Waals surface area contributed by atoms with Gasteiger partial charge in [-0.3, -0.25) is 9.69 Å². The van der Waals surface area contributed by atoms with Crippen LogP contribution in [0.2, 0.25) is 0 Å². The van der Waals surface area contributed by atoms with Crippen molar-refractivity contribution in [2.24, 2.45) is 5.92 Å². The molecule has 1 rings (SSSR count). The van der Waals surface area contributed by atoms with Gasteiger partial charge in [0.2, 0.25) is 0 Å². The molecule has 0 amide bonds. The van der Waals surface area contributed by atoms with Crippen LogP contribution >= 0.6 is 0 Å². The second-order valence-electron chi connectivity index (χ2n) is 4.33. The quantitative estimate of drug-likeness (QED) is 0.696. The minimum Gasteiger partial charge on any atom is -0.481 e. The molecule has 0 aliphatic heterocycles. The Labute approximate surface area is 107 Å². The highest BCUT2D eigenvalue weighted by atomic mass is 16.4. The van der Waals surface area contributed by atoms with Gasteiger partial charge in [-0.05, 0) is 6.42 Å². The first-order valence-electron chi connectivity index (χ1n) is 5.98. The molecule has 1 N–H and O–H groups in total. The lowest BCUT2D eigenvalue weighted by Crippen LogP contribution is -2.33. The number of aliphatic carboxylic acids is 1. The average molecular weight is 249 g/mol. The van der Waals surface area contributed by atoms with Crippen molar-refractivity contribution in [1.82, 2.24) is 14.5 Å². The molecule has 5 heteroatoms. The number of carboxylic acids is 1. The van der Waals surface area contributed by atoms with Gasteiger partial charge in [-0.25, -0.2) is 4.98 Å². The molecule has 0 saturated heterocycles. The van der Waals surface area contributed by atoms with E-state index < -0.39 is 11.9 Å². The van der Waals surface area contributed by atoms with Crippen LogP contribution in [0.3, 0.4) is 0 Å². The van der Waals surface area contributed by atoms with E-state index in [2.05, 4.69) is 10.9 Å². The molecule has 1 aromatic rings. The van der Waals surface area contributed by atoms with Crippen LogP contribution in [0.4, 0.5) is 0 Å². The minimum atomic E-state index is -0.786. The summed E-state index contributed by atoms with van der Waals surface area (Å²) < 4.78 is 1.99. The maximum absolute atomic E-state index is 10.8. The molecule has 1 aromatic heterocycles. The molecule has 0 aliphatic rings. The van der Waals surface area contributed by atoms with Crippen molar-refractivity contribution in [2.75, 3.05) is 19.6 Å². The summed E-state index contributed by atoms with van der Waals surface area (Å²) in [4.78, 5) is 16.8. The van der Waals surface area contributed by atoms with Crippen LogP contribution < -0.4 is 0 Å². The van der Waals surface area contributed by atoms with Gasteiger partial charge in [0.15, 0.2) is 0 Å². The molecule has 1 atom stereocenters. The van der Waals surface area contributed by atoms with Crippen LogP contribution in [0.1, 0.15) is 13.3 Å². The number of terminal acetylenes is 1. The molecule has 5 nitrogen and oxygen atoms in total. The monoisotopic (exact) mass is 249 g/mol. The van der Waals surface area contributed by atoms with Gasteiger partial charge in [0.25, 0.3) is 0 Å². The van der Waals surface area contributed by atoms with Crippen LogP contribution in [0.5, 0.6) is 0 Å². The fourth-order valence-corrected chi connectivity index (χ4v) is 1.73. The van der Waals surface area contributed by atoms with E-state index in [0.717, 1.165) is 19.5 Å². The number of rotatable bonds is 8. The Hall–Kier alpha value is -1.80. The van der Waals surface area contributed by atoms with Crippen LogP contribution in [-0.2, 0) is 11.3 Å². The topological polar surface area (TPSA) is 58.4 Å². The zero-order chi connectivity index (χ0) is 13.4. The summed E-state index contributed by atoms with van der Waals surface area (Å²) in [6, 6.07) is 0. The van der Waals surface area contributed by atoms with E-state index in [4.69, 9.17) is 11.5 Å². The van der Waals surface area contributed by atoms with Gasteiger partial charge in [-0.15, -0.1) is 6.42 Å². The molecule has 0 bridgehead atoms. The summed E-state index contributed by atoms with van der Waals surface area (Å²) in [5, 5.41) is 8.88. The lowest BCUT2D eigenvalue weighted by Gasteiger charge is -2.21. The first-order chi connectivity index (χ1) is 8.63. The number of hydrogen-bond acceptors (Lipinski definition) is 3. The van der Waals surface area contributed by atoms with Gasteiger partial charge >= 0.3 is 5.97 Å². The summed E-state index contributed by atoms with van der Waals surface area (Å²) in [7, 11) is 0. The first kappa shape index (κ1) is 14.3. The molecule has 18 heavy (non-hydrogen) atoms. The Bertz CT molecular complexity index is 395. The number of carboxylic acid groups (broad SMARTS) is 1. The van der Waals surface area contributed by atoms with Crippen molar-refractivity contribution in [3.63, 3.8) is 0 Å². The smallest absolute Gasteiger partial charge is 0.307 e. The van der Waals surface area contributed by atoms with Crippen molar-refractivity contribution >= 4 is 5.97 Å². The van der Waals surface area contributed by atoms with Gasteiger partial charge < -0.3 is 9.67 Å². The predicted molar refractivity (Wildman–Crippen MR) is 68.9 cm³/mol. The second kappa shape index (κ2) is 7.51. The third-order valence-electron chi connectivity index (χ3n) is 2.72. The number of aryl methyl sites for hydroxylation is 1. The van der Waals surface area contributed by atoms with Crippen LogP contribution in [0, 0.1) is 18.3 Å². The third-order valence-corrected chi connectivity index (χ3v) is 2.72. The van der Waals surface area contributed by atoms with E-state index in [-0.39, 0.29) is 0 Å². The Morgan fingerprint density at radius 2 is 2.44 bits per heavy atom. The first-order valence-corrected chi connectivity index (χ1v) is 5.98. The van der Waals surface area contributed by atoms with Crippen LogP contribution in [0.15, 0.2) is 18.7 Å². The van der Waals surface area contributed by atoms with E-state index in [1.807, 2.05) is 15.7 Å². The van der Waals surface area contributed by atoms with Crippen molar-refractivity contribution in [2.45, 2.75) is 19.9 Å². The molecule has 0 spiro atoms. The highest BCUT2D eigenvalue weighted by Crippen LogP contribution is 2.02. The van der Waals surface area contributed by atoms with E-state index >= 15 is 0 Å². The van der Waals surface area contributed by atoms with E-state index in [1.165, 1.54) is 0 Å². The number of aromatic nitrogens is 2. The minimum absolute atomic E-state index is 0.397. The summed E-state index contributed by atoms with van der Waals surface area (Å²) in [5.41, 5.74) is 0. The maximum Gasteiger partial charge on any atom is 0.307 e. The molecule has 0 aliphatic carbocycles. The second-order valence-corrected chi connectivity index (χ2v) is 4.33. The van der Waals surface area contributed by atoms with E-state index in [0.29, 0.717) is 13.1 Å². The van der Waals surface area contributed by atoms with Gasteiger partial charge in [0, 0.05) is 32.0 Å². The standard InChI is InChI=1S/C13H19N3O2/c1-3-6-15(10-12(2)13(17)18)7-4-8-16-9-5-14-11-16/h1,5,9,11-12H,4,6-8,10H2,2H3,(H,17,18). The zero-order valence-electron chi connectivity index (χ0n) is 10.6. The Morgan fingerprint density at radius 1 is 1.67 bits per heavy atom. The third kappa shape index (κ3) is 5.02.